The summed E-state index contributed by atoms with van der Waals surface area (Å²) >= 11 is 0. The average molecular weight is 517 g/mol. The maximum atomic E-state index is 5.18. The van der Waals surface area contributed by atoms with Crippen molar-refractivity contribution in [1.82, 2.24) is 24.6 Å². The zero-order valence-corrected chi connectivity index (χ0v) is 21.2. The Morgan fingerprint density at radius 3 is 2.41 bits per heavy atom. The van der Waals surface area contributed by atoms with Crippen LogP contribution in [-0.2, 0) is 13.6 Å². The van der Waals surface area contributed by atoms with E-state index in [-0.39, 0.29) is 29.5 Å². The molecule has 3 heterocycles. The second-order valence-electron chi connectivity index (χ2n) is 8.71. The average Bonchev–Trinajstić information content (AvgIpc) is 3.12. The molecule has 2 saturated heterocycles. The fourth-order valence-corrected chi connectivity index (χ4v) is 4.65. The van der Waals surface area contributed by atoms with Crippen molar-refractivity contribution in [1.29, 1.82) is 0 Å². The Hall–Kier alpha value is -0.800. The van der Waals surface area contributed by atoms with Gasteiger partial charge in [0.1, 0.15) is 0 Å². The van der Waals surface area contributed by atoms with Crippen LogP contribution in [0.15, 0.2) is 23.3 Å². The number of rotatable bonds is 6. The van der Waals surface area contributed by atoms with E-state index in [4.69, 9.17) is 4.99 Å². The molecule has 0 spiro atoms. The molecule has 1 aromatic heterocycles. The number of hydrogen-bond acceptors (Lipinski definition) is 3. The van der Waals surface area contributed by atoms with Gasteiger partial charge in [0.05, 0.1) is 13.1 Å². The standard InChI is InChI=1S/C22H40N6.HI/c1-5-23-21(27(4)18-20-10-9-13-26(20)3)24-19-22(11-16-25(2)17-12-22)28-14-7-6-8-15-28;/h9-10,13H,5-8,11-12,14-19H2,1-4H3,(H,23,24);1H. The largest absolute Gasteiger partial charge is 0.357 e. The van der Waals surface area contributed by atoms with E-state index in [1.165, 1.54) is 64.0 Å². The summed E-state index contributed by atoms with van der Waals surface area (Å²) in [6.45, 7) is 9.68. The number of likely N-dealkylation sites (tertiary alicyclic amines) is 2. The molecular weight excluding hydrogens is 475 g/mol. The number of guanidine groups is 1. The van der Waals surface area contributed by atoms with Gasteiger partial charge in [0, 0.05) is 38.1 Å². The molecule has 2 aliphatic rings. The Bertz CT molecular complexity index is 629. The number of aliphatic imine (C=N–C) groups is 1. The zero-order chi connectivity index (χ0) is 20.0. The quantitative estimate of drug-likeness (QED) is 0.359. The minimum atomic E-state index is 0. The lowest BCUT2D eigenvalue weighted by atomic mass is 9.84. The van der Waals surface area contributed by atoms with E-state index in [1.54, 1.807) is 0 Å². The number of halogens is 1. The van der Waals surface area contributed by atoms with Gasteiger partial charge in [-0.2, -0.15) is 0 Å². The first kappa shape index (κ1) is 24.5. The van der Waals surface area contributed by atoms with Crippen molar-refractivity contribution in [3.63, 3.8) is 0 Å². The fourth-order valence-electron chi connectivity index (χ4n) is 4.65. The predicted molar refractivity (Wildman–Crippen MR) is 133 cm³/mol. The molecule has 0 saturated carbocycles. The van der Waals surface area contributed by atoms with Crippen molar-refractivity contribution in [2.75, 3.05) is 53.4 Å². The van der Waals surface area contributed by atoms with Crippen molar-refractivity contribution < 1.29 is 0 Å². The lowest BCUT2D eigenvalue weighted by Crippen LogP contribution is -2.58. The van der Waals surface area contributed by atoms with Crippen LogP contribution in [-0.4, -0.2) is 84.1 Å². The number of aryl methyl sites for hydroxylation is 1. The fraction of sp³-hybridized carbons (Fsp3) is 0.773. The number of nitrogens with zero attached hydrogens (tertiary/aromatic N) is 5. The number of aromatic nitrogens is 1. The molecule has 166 valence electrons. The molecule has 1 N–H and O–H groups in total. The maximum Gasteiger partial charge on any atom is 0.194 e. The molecule has 3 rings (SSSR count). The van der Waals surface area contributed by atoms with Crippen molar-refractivity contribution in [3.05, 3.63) is 24.0 Å². The molecular formula is C22H41IN6. The van der Waals surface area contributed by atoms with E-state index in [0.29, 0.717) is 0 Å². The van der Waals surface area contributed by atoms with Crippen LogP contribution in [0.1, 0.15) is 44.7 Å². The minimum absolute atomic E-state index is 0. The van der Waals surface area contributed by atoms with Gasteiger partial charge in [0.15, 0.2) is 5.96 Å². The van der Waals surface area contributed by atoms with E-state index < -0.39 is 0 Å². The van der Waals surface area contributed by atoms with Crippen molar-refractivity contribution in [2.24, 2.45) is 12.0 Å². The third-order valence-corrected chi connectivity index (χ3v) is 6.61. The SMILES string of the molecule is CCNC(=NCC1(N2CCCCC2)CCN(C)CC1)N(C)Cc1cccn1C.I. The molecule has 0 amide bonds. The summed E-state index contributed by atoms with van der Waals surface area (Å²) in [5.41, 5.74) is 1.54. The molecule has 29 heavy (non-hydrogen) atoms. The molecule has 0 bridgehead atoms. The summed E-state index contributed by atoms with van der Waals surface area (Å²) in [6.07, 6.45) is 8.64. The molecule has 7 heteroatoms. The van der Waals surface area contributed by atoms with E-state index in [1.807, 2.05) is 0 Å². The first-order valence-electron chi connectivity index (χ1n) is 11.1. The molecule has 0 aliphatic carbocycles. The van der Waals surface area contributed by atoms with E-state index >= 15 is 0 Å². The van der Waals surface area contributed by atoms with Crippen LogP contribution in [0.2, 0.25) is 0 Å². The molecule has 0 aromatic carbocycles. The normalized spacial score (nSPS) is 20.9. The second kappa shape index (κ2) is 11.6. The molecule has 0 radical (unpaired) electrons. The van der Waals surface area contributed by atoms with Crippen LogP contribution in [0, 0.1) is 0 Å². The van der Waals surface area contributed by atoms with Crippen LogP contribution in [0.25, 0.3) is 0 Å². The predicted octanol–water partition coefficient (Wildman–Crippen LogP) is 2.99. The van der Waals surface area contributed by atoms with Gasteiger partial charge in [0.2, 0.25) is 0 Å². The third kappa shape index (κ3) is 6.34. The highest BCUT2D eigenvalue weighted by atomic mass is 127. The van der Waals surface area contributed by atoms with Crippen LogP contribution < -0.4 is 5.32 Å². The Kier molecular flexibility index (Phi) is 9.75. The number of nitrogens with one attached hydrogen (secondary N) is 1. The van der Waals surface area contributed by atoms with Crippen molar-refractivity contribution >= 4 is 29.9 Å². The number of hydrogen-bond donors (Lipinski definition) is 1. The molecule has 0 atom stereocenters. The summed E-state index contributed by atoms with van der Waals surface area (Å²) in [5, 5.41) is 3.52. The van der Waals surface area contributed by atoms with Gasteiger partial charge < -0.3 is 19.7 Å². The highest BCUT2D eigenvalue weighted by Crippen LogP contribution is 2.31. The van der Waals surface area contributed by atoms with Gasteiger partial charge in [-0.25, -0.2) is 0 Å². The molecule has 2 aliphatic heterocycles. The second-order valence-corrected chi connectivity index (χ2v) is 8.71. The van der Waals surface area contributed by atoms with Gasteiger partial charge >= 0.3 is 0 Å². The van der Waals surface area contributed by atoms with Crippen molar-refractivity contribution in [3.8, 4) is 0 Å². The summed E-state index contributed by atoms with van der Waals surface area (Å²) in [4.78, 5) is 12.7. The number of piperidine rings is 2. The first-order valence-corrected chi connectivity index (χ1v) is 11.1. The molecule has 1 aromatic rings. The Morgan fingerprint density at radius 2 is 1.83 bits per heavy atom. The third-order valence-electron chi connectivity index (χ3n) is 6.61. The van der Waals surface area contributed by atoms with Crippen LogP contribution >= 0.6 is 24.0 Å². The van der Waals surface area contributed by atoms with Gasteiger partial charge in [-0.05, 0) is 78.0 Å². The van der Waals surface area contributed by atoms with Crippen LogP contribution in [0.5, 0.6) is 0 Å². The van der Waals surface area contributed by atoms with E-state index in [0.717, 1.165) is 25.6 Å². The summed E-state index contributed by atoms with van der Waals surface area (Å²) in [5.74, 6) is 1.03. The highest BCUT2D eigenvalue weighted by molar-refractivity contribution is 14.0. The molecule has 0 unspecified atom stereocenters. The lowest BCUT2D eigenvalue weighted by molar-refractivity contribution is 0.0206. The summed E-state index contributed by atoms with van der Waals surface area (Å²) < 4.78 is 2.19. The Labute approximate surface area is 194 Å². The van der Waals surface area contributed by atoms with E-state index in [9.17, 15) is 0 Å². The van der Waals surface area contributed by atoms with Gasteiger partial charge in [-0.15, -0.1) is 24.0 Å². The van der Waals surface area contributed by atoms with Crippen molar-refractivity contribution in [2.45, 2.75) is 51.1 Å². The molecule has 2 fully saturated rings. The van der Waals surface area contributed by atoms with Gasteiger partial charge in [0.25, 0.3) is 0 Å². The smallest absolute Gasteiger partial charge is 0.194 e. The van der Waals surface area contributed by atoms with Crippen LogP contribution in [0.3, 0.4) is 0 Å². The highest BCUT2D eigenvalue weighted by Gasteiger charge is 2.39. The Morgan fingerprint density at radius 1 is 1.14 bits per heavy atom. The van der Waals surface area contributed by atoms with E-state index in [2.05, 4.69) is 71.0 Å². The van der Waals surface area contributed by atoms with Gasteiger partial charge in [-0.1, -0.05) is 6.42 Å². The zero-order valence-electron chi connectivity index (χ0n) is 18.9. The van der Waals surface area contributed by atoms with Gasteiger partial charge in [-0.3, -0.25) is 9.89 Å². The first-order chi connectivity index (χ1) is 13.5. The lowest BCUT2D eigenvalue weighted by Gasteiger charge is -2.49. The molecule has 6 nitrogen and oxygen atoms in total. The minimum Gasteiger partial charge on any atom is -0.357 e. The summed E-state index contributed by atoms with van der Waals surface area (Å²) in [6, 6.07) is 4.30. The Balaban J connectivity index is 0.00000300. The monoisotopic (exact) mass is 516 g/mol. The summed E-state index contributed by atoms with van der Waals surface area (Å²) in [7, 11) is 6.51. The topological polar surface area (TPSA) is 39.0 Å². The van der Waals surface area contributed by atoms with Crippen LogP contribution in [0.4, 0.5) is 0 Å². The maximum absolute atomic E-state index is 5.18.